The minimum atomic E-state index is -2.99. The summed E-state index contributed by atoms with van der Waals surface area (Å²) in [5, 5.41) is 0. The Balaban J connectivity index is 2.17. The Hall–Kier alpha value is -0.130. The molecule has 1 heterocycles. The molecule has 0 aliphatic carbocycles. The topological polar surface area (TPSA) is 40.6 Å². The van der Waals surface area contributed by atoms with E-state index in [0.29, 0.717) is 18.5 Å². The summed E-state index contributed by atoms with van der Waals surface area (Å²) in [6.07, 6.45) is 5.04. The molecule has 1 aliphatic rings. The summed E-state index contributed by atoms with van der Waals surface area (Å²) in [6.45, 7) is 11.0. The first-order valence-corrected chi connectivity index (χ1v) is 8.71. The SMILES string of the molecule is CC(C)(C)CCCCN1CCN(S(C)(=O)=O)CC1. The van der Waals surface area contributed by atoms with E-state index in [1.807, 2.05) is 0 Å². The number of piperazine rings is 1. The predicted octanol–water partition coefficient (Wildman–Crippen LogP) is 1.78. The van der Waals surface area contributed by atoms with Gasteiger partial charge in [-0.1, -0.05) is 27.2 Å². The molecule has 0 atom stereocenters. The maximum atomic E-state index is 11.4. The molecule has 1 fully saturated rings. The number of hydrogen-bond donors (Lipinski definition) is 0. The van der Waals surface area contributed by atoms with Gasteiger partial charge >= 0.3 is 0 Å². The zero-order valence-electron chi connectivity index (χ0n) is 12.3. The highest BCUT2D eigenvalue weighted by Gasteiger charge is 2.22. The van der Waals surface area contributed by atoms with Crippen LogP contribution < -0.4 is 0 Å². The van der Waals surface area contributed by atoms with E-state index in [0.717, 1.165) is 19.6 Å². The molecule has 0 aromatic heterocycles. The molecule has 1 rings (SSSR count). The van der Waals surface area contributed by atoms with Gasteiger partial charge in [-0.25, -0.2) is 8.42 Å². The maximum Gasteiger partial charge on any atom is 0.211 e. The lowest BCUT2D eigenvalue weighted by Gasteiger charge is -2.33. The lowest BCUT2D eigenvalue weighted by molar-refractivity contribution is 0.183. The summed E-state index contributed by atoms with van der Waals surface area (Å²) in [6, 6.07) is 0. The minimum Gasteiger partial charge on any atom is -0.301 e. The smallest absolute Gasteiger partial charge is 0.211 e. The van der Waals surface area contributed by atoms with Crippen molar-refractivity contribution in [2.24, 2.45) is 5.41 Å². The van der Waals surface area contributed by atoms with Crippen LogP contribution in [-0.2, 0) is 10.0 Å². The van der Waals surface area contributed by atoms with Crippen molar-refractivity contribution < 1.29 is 8.42 Å². The first-order chi connectivity index (χ1) is 8.18. The van der Waals surface area contributed by atoms with Crippen LogP contribution in [-0.4, -0.2) is 56.6 Å². The fourth-order valence-corrected chi connectivity index (χ4v) is 3.10. The van der Waals surface area contributed by atoms with Gasteiger partial charge < -0.3 is 4.90 Å². The summed E-state index contributed by atoms with van der Waals surface area (Å²) in [5.74, 6) is 0. The molecule has 18 heavy (non-hydrogen) atoms. The van der Waals surface area contributed by atoms with Crippen molar-refractivity contribution in [3.8, 4) is 0 Å². The van der Waals surface area contributed by atoms with Crippen LogP contribution in [0.2, 0.25) is 0 Å². The molecule has 0 N–H and O–H groups in total. The van der Waals surface area contributed by atoms with Crippen LogP contribution >= 0.6 is 0 Å². The highest BCUT2D eigenvalue weighted by Crippen LogP contribution is 2.21. The Morgan fingerprint density at radius 3 is 2.00 bits per heavy atom. The second kappa shape index (κ2) is 6.35. The van der Waals surface area contributed by atoms with Gasteiger partial charge in [0.1, 0.15) is 0 Å². The van der Waals surface area contributed by atoms with E-state index in [4.69, 9.17) is 0 Å². The molecule has 0 amide bonds. The Labute approximate surface area is 112 Å². The summed E-state index contributed by atoms with van der Waals surface area (Å²) in [7, 11) is -2.99. The largest absolute Gasteiger partial charge is 0.301 e. The highest BCUT2D eigenvalue weighted by molar-refractivity contribution is 7.88. The third-order valence-electron chi connectivity index (χ3n) is 3.45. The molecule has 0 spiro atoms. The molecule has 4 nitrogen and oxygen atoms in total. The average Bonchev–Trinajstić information content (AvgIpc) is 2.22. The lowest BCUT2D eigenvalue weighted by atomic mass is 9.90. The number of nitrogens with zero attached hydrogens (tertiary/aromatic N) is 2. The van der Waals surface area contributed by atoms with Crippen LogP contribution in [0, 0.1) is 5.41 Å². The van der Waals surface area contributed by atoms with Crippen LogP contribution in [0.3, 0.4) is 0 Å². The molecular formula is C13H28N2O2S. The van der Waals surface area contributed by atoms with Crippen molar-refractivity contribution in [1.82, 2.24) is 9.21 Å². The van der Waals surface area contributed by atoms with Crippen LogP contribution in [0.1, 0.15) is 40.0 Å². The summed E-state index contributed by atoms with van der Waals surface area (Å²) >= 11 is 0. The number of unbranched alkanes of at least 4 members (excludes halogenated alkanes) is 1. The first-order valence-electron chi connectivity index (χ1n) is 6.86. The third kappa shape index (κ3) is 6.16. The van der Waals surface area contributed by atoms with Gasteiger partial charge in [-0.15, -0.1) is 0 Å². The van der Waals surface area contributed by atoms with E-state index in [1.165, 1.54) is 25.5 Å². The van der Waals surface area contributed by atoms with E-state index in [2.05, 4.69) is 25.7 Å². The van der Waals surface area contributed by atoms with Crippen molar-refractivity contribution in [3.05, 3.63) is 0 Å². The zero-order valence-corrected chi connectivity index (χ0v) is 13.1. The number of rotatable bonds is 5. The fraction of sp³-hybridized carbons (Fsp3) is 1.00. The lowest BCUT2D eigenvalue weighted by Crippen LogP contribution is -2.48. The normalized spacial score (nSPS) is 20.2. The van der Waals surface area contributed by atoms with Crippen molar-refractivity contribution in [2.75, 3.05) is 39.0 Å². The predicted molar refractivity (Wildman–Crippen MR) is 76.2 cm³/mol. The second-order valence-corrected chi connectivity index (χ2v) is 8.50. The van der Waals surface area contributed by atoms with Crippen LogP contribution in [0.4, 0.5) is 0 Å². The quantitative estimate of drug-likeness (QED) is 0.719. The molecule has 0 bridgehead atoms. The molecule has 0 aromatic carbocycles. The Bertz CT molecular complexity index is 338. The molecule has 108 valence electrons. The average molecular weight is 276 g/mol. The minimum absolute atomic E-state index is 0.426. The van der Waals surface area contributed by atoms with Gasteiger partial charge in [-0.05, 0) is 24.8 Å². The zero-order chi connectivity index (χ0) is 13.8. The third-order valence-corrected chi connectivity index (χ3v) is 4.75. The van der Waals surface area contributed by atoms with Crippen LogP contribution in [0.25, 0.3) is 0 Å². The molecular weight excluding hydrogens is 248 g/mol. The van der Waals surface area contributed by atoms with E-state index >= 15 is 0 Å². The first kappa shape index (κ1) is 15.9. The second-order valence-electron chi connectivity index (χ2n) is 6.52. The Morgan fingerprint density at radius 2 is 1.56 bits per heavy atom. The van der Waals surface area contributed by atoms with Gasteiger partial charge in [0, 0.05) is 26.2 Å². The summed E-state index contributed by atoms with van der Waals surface area (Å²) < 4.78 is 24.3. The standard InChI is InChI=1S/C13H28N2O2S/c1-13(2,3)7-5-6-8-14-9-11-15(12-10-14)18(4,16)17/h5-12H2,1-4H3. The van der Waals surface area contributed by atoms with E-state index in [9.17, 15) is 8.42 Å². The summed E-state index contributed by atoms with van der Waals surface area (Å²) in [4.78, 5) is 2.38. The number of hydrogen-bond acceptors (Lipinski definition) is 3. The molecule has 0 radical (unpaired) electrons. The van der Waals surface area contributed by atoms with Gasteiger partial charge in [0.2, 0.25) is 10.0 Å². The van der Waals surface area contributed by atoms with Crippen molar-refractivity contribution >= 4 is 10.0 Å². The summed E-state index contributed by atoms with van der Waals surface area (Å²) in [5.41, 5.74) is 0.426. The highest BCUT2D eigenvalue weighted by atomic mass is 32.2. The van der Waals surface area contributed by atoms with E-state index < -0.39 is 10.0 Å². The molecule has 0 unspecified atom stereocenters. The maximum absolute atomic E-state index is 11.4. The van der Waals surface area contributed by atoms with Gasteiger partial charge in [-0.3, -0.25) is 0 Å². The van der Waals surface area contributed by atoms with E-state index in [-0.39, 0.29) is 0 Å². The molecule has 1 aliphatic heterocycles. The Morgan fingerprint density at radius 1 is 1.00 bits per heavy atom. The Kier molecular flexibility index (Phi) is 5.62. The molecule has 5 heteroatoms. The van der Waals surface area contributed by atoms with Gasteiger partial charge in [0.25, 0.3) is 0 Å². The number of sulfonamides is 1. The van der Waals surface area contributed by atoms with Crippen LogP contribution in [0.5, 0.6) is 0 Å². The van der Waals surface area contributed by atoms with Gasteiger partial charge in [0.15, 0.2) is 0 Å². The van der Waals surface area contributed by atoms with Gasteiger partial charge in [0.05, 0.1) is 6.26 Å². The molecule has 0 saturated carbocycles. The molecule has 1 saturated heterocycles. The van der Waals surface area contributed by atoms with Gasteiger partial charge in [-0.2, -0.15) is 4.31 Å². The monoisotopic (exact) mass is 276 g/mol. The van der Waals surface area contributed by atoms with Crippen LogP contribution in [0.15, 0.2) is 0 Å². The van der Waals surface area contributed by atoms with Crippen molar-refractivity contribution in [1.29, 1.82) is 0 Å². The van der Waals surface area contributed by atoms with Crippen molar-refractivity contribution in [2.45, 2.75) is 40.0 Å². The fourth-order valence-electron chi connectivity index (χ4n) is 2.28. The van der Waals surface area contributed by atoms with Crippen molar-refractivity contribution in [3.63, 3.8) is 0 Å². The molecule has 0 aromatic rings. The van der Waals surface area contributed by atoms with E-state index in [1.54, 1.807) is 4.31 Å².